The topological polar surface area (TPSA) is 46.6 Å². The fourth-order valence-electron chi connectivity index (χ4n) is 2.38. The van der Waals surface area contributed by atoms with Crippen molar-refractivity contribution in [2.75, 3.05) is 6.61 Å². The number of hydrogen-bond acceptors (Lipinski definition) is 3. The highest BCUT2D eigenvalue weighted by atomic mass is 19.4. The van der Waals surface area contributed by atoms with Gasteiger partial charge in [-0.3, -0.25) is 4.79 Å². The molecule has 0 heterocycles. The summed E-state index contributed by atoms with van der Waals surface area (Å²) in [6.07, 6.45) is -4.73. The van der Waals surface area contributed by atoms with Crippen molar-refractivity contribution in [1.29, 1.82) is 0 Å². The van der Waals surface area contributed by atoms with Gasteiger partial charge in [-0.25, -0.2) is 9.18 Å². The maximum atomic E-state index is 13.3. The Labute approximate surface area is 153 Å². The van der Waals surface area contributed by atoms with Crippen molar-refractivity contribution in [1.82, 2.24) is 4.90 Å². The lowest BCUT2D eigenvalue weighted by Crippen LogP contribution is -2.38. The summed E-state index contributed by atoms with van der Waals surface area (Å²) in [7, 11) is 0. The Hall–Kier alpha value is -2.90. The number of halogens is 4. The van der Waals surface area contributed by atoms with E-state index in [1.807, 2.05) is 0 Å². The summed E-state index contributed by atoms with van der Waals surface area (Å²) in [5, 5.41) is 0. The number of nitrogens with zero attached hydrogens (tertiary/aromatic N) is 1. The SMILES string of the molecule is Cc1cc(F)ccc1CN(Cc1ccccc1)C(=O)C(=O)OCC(F)(F)F. The Balaban J connectivity index is 2.20. The van der Waals surface area contributed by atoms with E-state index in [9.17, 15) is 27.2 Å². The molecule has 0 bridgehead atoms. The number of hydrogen-bond donors (Lipinski definition) is 0. The van der Waals surface area contributed by atoms with Gasteiger partial charge in [-0.05, 0) is 35.7 Å². The average Bonchev–Trinajstić information content (AvgIpc) is 2.61. The fourth-order valence-corrected chi connectivity index (χ4v) is 2.38. The van der Waals surface area contributed by atoms with Gasteiger partial charge >= 0.3 is 18.1 Å². The molecule has 0 aromatic heterocycles. The third-order valence-corrected chi connectivity index (χ3v) is 3.71. The molecule has 144 valence electrons. The molecule has 2 aromatic rings. The summed E-state index contributed by atoms with van der Waals surface area (Å²) in [5.74, 6) is -3.25. The maximum absolute atomic E-state index is 13.3. The second-order valence-corrected chi connectivity index (χ2v) is 5.91. The number of carbonyl (C=O) groups excluding carboxylic acids is 2. The first-order chi connectivity index (χ1) is 12.7. The van der Waals surface area contributed by atoms with E-state index in [4.69, 9.17) is 0 Å². The molecule has 2 aromatic carbocycles. The van der Waals surface area contributed by atoms with Crippen molar-refractivity contribution < 1.29 is 31.9 Å². The molecule has 4 nitrogen and oxygen atoms in total. The van der Waals surface area contributed by atoms with Crippen LogP contribution in [0.5, 0.6) is 0 Å². The largest absolute Gasteiger partial charge is 0.449 e. The van der Waals surface area contributed by atoms with Gasteiger partial charge in [0.25, 0.3) is 0 Å². The molecule has 0 radical (unpaired) electrons. The number of carbonyl (C=O) groups is 2. The molecule has 0 fully saturated rings. The van der Waals surface area contributed by atoms with Crippen molar-refractivity contribution in [3.8, 4) is 0 Å². The van der Waals surface area contributed by atoms with E-state index in [1.165, 1.54) is 18.2 Å². The fraction of sp³-hybridized carbons (Fsp3) is 0.263. The molecular formula is C19H17F4NO3. The molecule has 1 amide bonds. The molecule has 0 N–H and O–H groups in total. The summed E-state index contributed by atoms with van der Waals surface area (Å²) < 4.78 is 54.0. The van der Waals surface area contributed by atoms with Crippen LogP contribution in [0.2, 0.25) is 0 Å². The Morgan fingerprint density at radius 2 is 1.70 bits per heavy atom. The van der Waals surface area contributed by atoms with E-state index in [-0.39, 0.29) is 13.1 Å². The quantitative estimate of drug-likeness (QED) is 0.449. The van der Waals surface area contributed by atoms with E-state index in [1.54, 1.807) is 37.3 Å². The van der Waals surface area contributed by atoms with Crippen LogP contribution in [0.4, 0.5) is 17.6 Å². The highest BCUT2D eigenvalue weighted by Gasteiger charge is 2.32. The predicted molar refractivity (Wildman–Crippen MR) is 88.8 cm³/mol. The monoisotopic (exact) mass is 383 g/mol. The summed E-state index contributed by atoms with van der Waals surface area (Å²) in [4.78, 5) is 25.2. The smallest absolute Gasteiger partial charge is 0.422 e. The minimum absolute atomic E-state index is 0.0163. The number of benzene rings is 2. The number of alkyl halides is 3. The lowest BCUT2D eigenvalue weighted by molar-refractivity contribution is -0.189. The Morgan fingerprint density at radius 3 is 2.30 bits per heavy atom. The lowest BCUT2D eigenvalue weighted by Gasteiger charge is -2.23. The van der Waals surface area contributed by atoms with Crippen LogP contribution >= 0.6 is 0 Å². The number of amides is 1. The van der Waals surface area contributed by atoms with Crippen molar-refractivity contribution in [2.24, 2.45) is 0 Å². The van der Waals surface area contributed by atoms with Crippen LogP contribution in [0, 0.1) is 12.7 Å². The Morgan fingerprint density at radius 1 is 1.04 bits per heavy atom. The van der Waals surface area contributed by atoms with E-state index in [0.717, 1.165) is 4.90 Å². The summed E-state index contributed by atoms with van der Waals surface area (Å²) in [6.45, 7) is -0.309. The zero-order valence-corrected chi connectivity index (χ0v) is 14.4. The van der Waals surface area contributed by atoms with Gasteiger partial charge in [-0.1, -0.05) is 36.4 Å². The number of aryl methyl sites for hydroxylation is 1. The van der Waals surface area contributed by atoms with E-state index in [2.05, 4.69) is 4.74 Å². The molecule has 27 heavy (non-hydrogen) atoms. The van der Waals surface area contributed by atoms with Gasteiger partial charge in [-0.15, -0.1) is 0 Å². The van der Waals surface area contributed by atoms with Crippen LogP contribution < -0.4 is 0 Å². The normalized spacial score (nSPS) is 11.1. The molecule has 0 unspecified atom stereocenters. The summed E-state index contributed by atoms with van der Waals surface area (Å²) >= 11 is 0. The molecule has 0 spiro atoms. The first kappa shape index (κ1) is 20.4. The molecule has 2 rings (SSSR count). The number of esters is 1. The van der Waals surface area contributed by atoms with Gasteiger partial charge in [0.2, 0.25) is 0 Å². The van der Waals surface area contributed by atoms with Crippen LogP contribution in [-0.2, 0) is 27.4 Å². The van der Waals surface area contributed by atoms with Crippen molar-refractivity contribution in [2.45, 2.75) is 26.2 Å². The second-order valence-electron chi connectivity index (χ2n) is 5.91. The first-order valence-electron chi connectivity index (χ1n) is 7.97. The van der Waals surface area contributed by atoms with E-state index >= 15 is 0 Å². The third-order valence-electron chi connectivity index (χ3n) is 3.71. The molecule has 0 saturated carbocycles. The molecule has 0 saturated heterocycles. The predicted octanol–water partition coefficient (Wildman–Crippen LogP) is 3.77. The second kappa shape index (κ2) is 8.66. The van der Waals surface area contributed by atoms with Crippen LogP contribution in [0.15, 0.2) is 48.5 Å². The van der Waals surface area contributed by atoms with Gasteiger partial charge in [0.1, 0.15) is 5.82 Å². The first-order valence-corrected chi connectivity index (χ1v) is 7.97. The van der Waals surface area contributed by atoms with E-state index in [0.29, 0.717) is 16.7 Å². The van der Waals surface area contributed by atoms with Gasteiger partial charge in [0, 0.05) is 13.1 Å². The zero-order valence-electron chi connectivity index (χ0n) is 14.4. The molecular weight excluding hydrogens is 366 g/mol. The number of rotatable bonds is 5. The van der Waals surface area contributed by atoms with Gasteiger partial charge in [0.15, 0.2) is 6.61 Å². The van der Waals surface area contributed by atoms with Crippen LogP contribution in [0.3, 0.4) is 0 Å². The average molecular weight is 383 g/mol. The lowest BCUT2D eigenvalue weighted by atomic mass is 10.1. The third kappa shape index (κ3) is 6.40. The molecule has 0 atom stereocenters. The molecule has 0 aliphatic carbocycles. The minimum atomic E-state index is -4.73. The van der Waals surface area contributed by atoms with Crippen LogP contribution in [0.25, 0.3) is 0 Å². The Bertz CT molecular complexity index is 806. The standard InChI is InChI=1S/C19H17F4NO3/c1-13-9-16(20)8-7-15(13)11-24(10-14-5-3-2-4-6-14)17(25)18(26)27-12-19(21,22)23/h2-9H,10-12H2,1H3. The highest BCUT2D eigenvalue weighted by molar-refractivity contribution is 6.32. The molecule has 8 heteroatoms. The zero-order chi connectivity index (χ0) is 20.0. The minimum Gasteiger partial charge on any atom is -0.449 e. The number of ether oxygens (including phenoxy) is 1. The van der Waals surface area contributed by atoms with Gasteiger partial charge in [-0.2, -0.15) is 13.2 Å². The van der Waals surface area contributed by atoms with Crippen molar-refractivity contribution in [3.63, 3.8) is 0 Å². The maximum Gasteiger partial charge on any atom is 0.422 e. The Kier molecular flexibility index (Phi) is 6.55. The van der Waals surface area contributed by atoms with E-state index < -0.39 is 30.5 Å². The molecule has 0 aliphatic heterocycles. The van der Waals surface area contributed by atoms with Gasteiger partial charge in [0.05, 0.1) is 0 Å². The van der Waals surface area contributed by atoms with Crippen LogP contribution in [0.1, 0.15) is 16.7 Å². The van der Waals surface area contributed by atoms with Crippen molar-refractivity contribution >= 4 is 11.9 Å². The highest BCUT2D eigenvalue weighted by Crippen LogP contribution is 2.17. The van der Waals surface area contributed by atoms with Gasteiger partial charge < -0.3 is 9.64 Å². The summed E-state index contributed by atoms with van der Waals surface area (Å²) in [5.41, 5.74) is 1.78. The summed E-state index contributed by atoms with van der Waals surface area (Å²) in [6, 6.07) is 12.6. The molecule has 0 aliphatic rings. The van der Waals surface area contributed by atoms with Crippen molar-refractivity contribution in [3.05, 3.63) is 71.0 Å². The van der Waals surface area contributed by atoms with Crippen LogP contribution in [-0.4, -0.2) is 29.6 Å².